The Labute approximate surface area is 111 Å². The lowest BCUT2D eigenvalue weighted by Gasteiger charge is -2.26. The van der Waals surface area contributed by atoms with Gasteiger partial charge in [0.05, 0.1) is 11.2 Å². The molecule has 0 spiro atoms. The van der Waals surface area contributed by atoms with E-state index in [9.17, 15) is 0 Å². The van der Waals surface area contributed by atoms with Gasteiger partial charge in [-0.25, -0.2) is 4.98 Å². The number of hydrogen-bond donors (Lipinski definition) is 1. The van der Waals surface area contributed by atoms with Crippen LogP contribution in [-0.2, 0) is 6.54 Å². The van der Waals surface area contributed by atoms with Crippen LogP contribution in [0.3, 0.4) is 0 Å². The van der Waals surface area contributed by atoms with Crippen LogP contribution < -0.4 is 5.73 Å². The zero-order chi connectivity index (χ0) is 13.0. The molecule has 0 bridgehead atoms. The molecule has 0 aliphatic rings. The Hall–Kier alpha value is -1.30. The molecular formula is C13H18N4S. The van der Waals surface area contributed by atoms with Crippen molar-refractivity contribution in [1.29, 1.82) is 0 Å². The van der Waals surface area contributed by atoms with E-state index in [1.807, 2.05) is 24.7 Å². The first kappa shape index (κ1) is 13.1. The minimum Gasteiger partial charge on any atom is -0.329 e. The predicted octanol–water partition coefficient (Wildman–Crippen LogP) is 1.98. The van der Waals surface area contributed by atoms with Crippen molar-refractivity contribution in [2.45, 2.75) is 19.5 Å². The first-order valence-electron chi connectivity index (χ1n) is 5.91. The van der Waals surface area contributed by atoms with Crippen LogP contribution in [-0.4, -0.2) is 28.5 Å². The molecular weight excluding hydrogens is 244 g/mol. The molecule has 1 atom stereocenters. The van der Waals surface area contributed by atoms with Gasteiger partial charge in [-0.15, -0.1) is 11.3 Å². The van der Waals surface area contributed by atoms with Gasteiger partial charge in [-0.05, 0) is 25.6 Å². The van der Waals surface area contributed by atoms with Gasteiger partial charge in [-0.2, -0.15) is 0 Å². The monoisotopic (exact) mass is 262 g/mol. The van der Waals surface area contributed by atoms with E-state index in [1.54, 1.807) is 17.5 Å². The molecule has 2 aromatic rings. The number of aryl methyl sites for hydroxylation is 1. The molecule has 1 unspecified atom stereocenters. The minimum atomic E-state index is 0.195. The summed E-state index contributed by atoms with van der Waals surface area (Å²) in [6, 6.07) is 4.21. The summed E-state index contributed by atoms with van der Waals surface area (Å²) in [5, 5.41) is 0. The average Bonchev–Trinajstić information content (AvgIpc) is 2.77. The summed E-state index contributed by atoms with van der Waals surface area (Å²) in [5.74, 6) is 0. The third-order valence-electron chi connectivity index (χ3n) is 3.06. The molecule has 2 heterocycles. The van der Waals surface area contributed by atoms with E-state index in [-0.39, 0.29) is 6.04 Å². The highest BCUT2D eigenvalue weighted by molar-refractivity contribution is 7.09. The zero-order valence-corrected chi connectivity index (χ0v) is 11.5. The molecule has 2 N–H and O–H groups in total. The van der Waals surface area contributed by atoms with Crippen molar-refractivity contribution in [3.8, 4) is 0 Å². The highest BCUT2D eigenvalue weighted by atomic mass is 32.1. The molecule has 2 rings (SSSR count). The smallest absolute Gasteiger partial charge is 0.0798 e. The molecule has 0 aliphatic heterocycles. The summed E-state index contributed by atoms with van der Waals surface area (Å²) < 4.78 is 0. The van der Waals surface area contributed by atoms with E-state index in [0.29, 0.717) is 6.54 Å². The van der Waals surface area contributed by atoms with Crippen LogP contribution in [0.15, 0.2) is 30.0 Å². The lowest BCUT2D eigenvalue weighted by atomic mass is 10.1. The van der Waals surface area contributed by atoms with Crippen LogP contribution >= 0.6 is 11.3 Å². The van der Waals surface area contributed by atoms with Crippen LogP contribution in [0.2, 0.25) is 0 Å². The highest BCUT2D eigenvalue weighted by Gasteiger charge is 2.17. The van der Waals surface area contributed by atoms with Crippen LogP contribution in [0.4, 0.5) is 0 Å². The van der Waals surface area contributed by atoms with Gasteiger partial charge in [0.1, 0.15) is 0 Å². The van der Waals surface area contributed by atoms with Gasteiger partial charge in [0, 0.05) is 36.4 Å². The molecule has 4 nitrogen and oxygen atoms in total. The second kappa shape index (κ2) is 6.04. The van der Waals surface area contributed by atoms with E-state index in [1.165, 1.54) is 4.88 Å². The van der Waals surface area contributed by atoms with Crippen molar-refractivity contribution < 1.29 is 0 Å². The van der Waals surface area contributed by atoms with E-state index < -0.39 is 0 Å². The number of nitrogens with zero attached hydrogens (tertiary/aromatic N) is 3. The van der Waals surface area contributed by atoms with Gasteiger partial charge < -0.3 is 5.73 Å². The van der Waals surface area contributed by atoms with Crippen molar-refractivity contribution in [3.05, 3.63) is 46.2 Å². The van der Waals surface area contributed by atoms with E-state index in [0.717, 1.165) is 17.8 Å². The van der Waals surface area contributed by atoms with E-state index >= 15 is 0 Å². The Morgan fingerprint density at radius 2 is 2.33 bits per heavy atom. The lowest BCUT2D eigenvalue weighted by Crippen LogP contribution is -2.30. The number of rotatable bonds is 5. The predicted molar refractivity (Wildman–Crippen MR) is 74.4 cm³/mol. The maximum absolute atomic E-state index is 5.89. The van der Waals surface area contributed by atoms with E-state index in [4.69, 9.17) is 5.73 Å². The van der Waals surface area contributed by atoms with Gasteiger partial charge in [-0.3, -0.25) is 9.88 Å². The minimum absolute atomic E-state index is 0.195. The maximum atomic E-state index is 5.89. The number of thiazole rings is 1. The Morgan fingerprint density at radius 1 is 1.50 bits per heavy atom. The molecule has 0 aromatic carbocycles. The van der Waals surface area contributed by atoms with Gasteiger partial charge >= 0.3 is 0 Å². The standard InChI is InChI=1S/C13H18N4S/c1-10-13(18-9-16-10)8-17(2)12(6-14)11-4-3-5-15-7-11/h3-5,7,9,12H,6,8,14H2,1-2H3. The third-order valence-corrected chi connectivity index (χ3v) is 3.98. The van der Waals surface area contributed by atoms with Gasteiger partial charge in [0.15, 0.2) is 0 Å². The molecule has 0 saturated heterocycles. The Kier molecular flexibility index (Phi) is 4.41. The maximum Gasteiger partial charge on any atom is 0.0798 e. The number of likely N-dealkylation sites (N-methyl/N-ethyl adjacent to an activating group) is 1. The fourth-order valence-electron chi connectivity index (χ4n) is 1.96. The normalized spacial score (nSPS) is 12.9. The summed E-state index contributed by atoms with van der Waals surface area (Å²) in [5.41, 5.74) is 10.0. The van der Waals surface area contributed by atoms with Crippen LogP contribution in [0.1, 0.15) is 22.2 Å². The topological polar surface area (TPSA) is 55.0 Å². The molecule has 18 heavy (non-hydrogen) atoms. The van der Waals surface area contributed by atoms with Gasteiger partial charge in [-0.1, -0.05) is 6.07 Å². The largest absolute Gasteiger partial charge is 0.329 e. The first-order valence-corrected chi connectivity index (χ1v) is 6.79. The Morgan fingerprint density at radius 3 is 2.89 bits per heavy atom. The molecule has 0 amide bonds. The number of nitrogens with two attached hydrogens (primary N) is 1. The third kappa shape index (κ3) is 2.93. The Balaban J connectivity index is 2.11. The fraction of sp³-hybridized carbons (Fsp3) is 0.385. The van der Waals surface area contributed by atoms with Crippen LogP contribution in [0, 0.1) is 6.92 Å². The first-order chi connectivity index (χ1) is 8.72. The molecule has 2 aromatic heterocycles. The van der Waals surface area contributed by atoms with Crippen molar-refractivity contribution in [2.24, 2.45) is 5.73 Å². The van der Waals surface area contributed by atoms with Crippen molar-refractivity contribution >= 4 is 11.3 Å². The summed E-state index contributed by atoms with van der Waals surface area (Å²) in [6.45, 7) is 3.49. The SMILES string of the molecule is Cc1ncsc1CN(C)C(CN)c1cccnc1. The number of pyridine rings is 1. The number of aromatic nitrogens is 2. The fourth-order valence-corrected chi connectivity index (χ4v) is 2.80. The molecule has 5 heteroatoms. The highest BCUT2D eigenvalue weighted by Crippen LogP contribution is 2.22. The summed E-state index contributed by atoms with van der Waals surface area (Å²) in [7, 11) is 2.09. The zero-order valence-electron chi connectivity index (χ0n) is 10.7. The Bertz CT molecular complexity index is 483. The van der Waals surface area contributed by atoms with E-state index in [2.05, 4.69) is 28.0 Å². The summed E-state index contributed by atoms with van der Waals surface area (Å²) >= 11 is 1.69. The second-order valence-electron chi connectivity index (χ2n) is 4.31. The van der Waals surface area contributed by atoms with Crippen molar-refractivity contribution in [1.82, 2.24) is 14.9 Å². The summed E-state index contributed by atoms with van der Waals surface area (Å²) in [4.78, 5) is 12.0. The van der Waals surface area contributed by atoms with Crippen molar-refractivity contribution in [3.63, 3.8) is 0 Å². The molecule has 0 aliphatic carbocycles. The molecule has 96 valence electrons. The quantitative estimate of drug-likeness (QED) is 0.895. The van der Waals surface area contributed by atoms with Gasteiger partial charge in [0.2, 0.25) is 0 Å². The number of hydrogen-bond acceptors (Lipinski definition) is 5. The lowest BCUT2D eigenvalue weighted by molar-refractivity contribution is 0.243. The molecule has 0 radical (unpaired) electrons. The van der Waals surface area contributed by atoms with Crippen LogP contribution in [0.25, 0.3) is 0 Å². The molecule has 0 fully saturated rings. The average molecular weight is 262 g/mol. The van der Waals surface area contributed by atoms with Crippen LogP contribution in [0.5, 0.6) is 0 Å². The van der Waals surface area contributed by atoms with Crippen molar-refractivity contribution in [2.75, 3.05) is 13.6 Å². The second-order valence-corrected chi connectivity index (χ2v) is 5.25. The molecule has 0 saturated carbocycles. The van der Waals surface area contributed by atoms with Gasteiger partial charge in [0.25, 0.3) is 0 Å². The summed E-state index contributed by atoms with van der Waals surface area (Å²) in [6.07, 6.45) is 3.66.